The summed E-state index contributed by atoms with van der Waals surface area (Å²) in [5.41, 5.74) is 1.60. The third kappa shape index (κ3) is 4.30. The minimum absolute atomic E-state index is 0.221. The topological polar surface area (TPSA) is 88.1 Å². The number of aromatic nitrogens is 4. The fourth-order valence-corrected chi connectivity index (χ4v) is 3.47. The van der Waals surface area contributed by atoms with Crippen LogP contribution in [0.25, 0.3) is 11.2 Å². The van der Waals surface area contributed by atoms with Gasteiger partial charge in [-0.3, -0.25) is 14.7 Å². The van der Waals surface area contributed by atoms with E-state index in [1.54, 1.807) is 18.5 Å². The van der Waals surface area contributed by atoms with Crippen LogP contribution in [0.4, 0.5) is 5.95 Å². The molecule has 148 valence electrons. The Kier molecular flexibility index (Phi) is 5.82. The molecule has 0 unspecified atom stereocenters. The molecule has 10 heteroatoms. The van der Waals surface area contributed by atoms with Gasteiger partial charge in [-0.25, -0.2) is 4.98 Å². The first-order chi connectivity index (χ1) is 13.6. The number of nitrogens with zero attached hydrogens (tertiary/aromatic N) is 4. The summed E-state index contributed by atoms with van der Waals surface area (Å²) in [5, 5.41) is 4.08. The van der Waals surface area contributed by atoms with Crippen molar-refractivity contribution in [3.63, 3.8) is 0 Å². The molecular weight excluding hydrogens is 403 g/mol. The van der Waals surface area contributed by atoms with Crippen LogP contribution in [-0.2, 0) is 17.8 Å². The molecule has 3 aromatic rings. The maximum atomic E-state index is 12.6. The predicted molar refractivity (Wildman–Crippen MR) is 109 cm³/mol. The van der Waals surface area contributed by atoms with Crippen molar-refractivity contribution in [3.05, 3.63) is 50.5 Å². The van der Waals surface area contributed by atoms with E-state index in [1.165, 1.54) is 0 Å². The molecule has 0 spiro atoms. The molecule has 2 aromatic heterocycles. The molecule has 1 aliphatic heterocycles. The van der Waals surface area contributed by atoms with Crippen LogP contribution in [0, 0.1) is 0 Å². The second-order valence-electron chi connectivity index (χ2n) is 6.58. The van der Waals surface area contributed by atoms with Crippen molar-refractivity contribution in [1.29, 1.82) is 0 Å². The van der Waals surface area contributed by atoms with Crippen LogP contribution in [0.5, 0.6) is 0 Å². The molecule has 4 rings (SSSR count). The molecule has 28 heavy (non-hydrogen) atoms. The number of morpholine rings is 1. The third-order valence-electron chi connectivity index (χ3n) is 4.69. The average molecular weight is 423 g/mol. The smallest absolute Gasteiger partial charge is 0.278 e. The van der Waals surface area contributed by atoms with E-state index in [0.717, 1.165) is 38.4 Å². The quantitative estimate of drug-likeness (QED) is 0.633. The van der Waals surface area contributed by atoms with E-state index in [9.17, 15) is 4.79 Å². The van der Waals surface area contributed by atoms with Gasteiger partial charge < -0.3 is 14.6 Å². The van der Waals surface area contributed by atoms with E-state index in [4.69, 9.17) is 27.9 Å². The van der Waals surface area contributed by atoms with Gasteiger partial charge in [-0.2, -0.15) is 4.98 Å². The van der Waals surface area contributed by atoms with Crippen LogP contribution in [-0.4, -0.2) is 57.3 Å². The predicted octanol–water partition coefficient (Wildman–Crippen LogP) is 2.37. The van der Waals surface area contributed by atoms with E-state index in [1.807, 2.05) is 10.6 Å². The third-order valence-corrected chi connectivity index (χ3v) is 5.43. The van der Waals surface area contributed by atoms with Gasteiger partial charge in [-0.1, -0.05) is 29.3 Å². The minimum Gasteiger partial charge on any atom is -0.379 e. The Morgan fingerprint density at radius 2 is 2.00 bits per heavy atom. The normalized spacial score (nSPS) is 15.2. The highest BCUT2D eigenvalue weighted by atomic mass is 35.5. The van der Waals surface area contributed by atoms with Crippen molar-refractivity contribution >= 4 is 40.3 Å². The summed E-state index contributed by atoms with van der Waals surface area (Å²) in [6, 6.07) is 5.36. The second kappa shape index (κ2) is 8.48. The molecule has 1 aromatic carbocycles. The number of hydrogen-bond acceptors (Lipinski definition) is 6. The molecule has 8 nitrogen and oxygen atoms in total. The Morgan fingerprint density at radius 1 is 1.18 bits per heavy atom. The molecule has 0 aliphatic carbocycles. The molecule has 2 N–H and O–H groups in total. The van der Waals surface area contributed by atoms with Gasteiger partial charge in [-0.15, -0.1) is 0 Å². The summed E-state index contributed by atoms with van der Waals surface area (Å²) in [5.74, 6) is 0.363. The highest BCUT2D eigenvalue weighted by Gasteiger charge is 2.14. The Hall–Kier alpha value is -2.13. The van der Waals surface area contributed by atoms with E-state index in [0.29, 0.717) is 40.2 Å². The van der Waals surface area contributed by atoms with Gasteiger partial charge in [0.2, 0.25) is 5.95 Å². The van der Waals surface area contributed by atoms with Gasteiger partial charge >= 0.3 is 0 Å². The number of H-pyrrole nitrogens is 1. The van der Waals surface area contributed by atoms with Crippen LogP contribution in [0.15, 0.2) is 29.3 Å². The number of fused-ring (bicyclic) bond motifs is 1. The fraction of sp³-hybridized carbons (Fsp3) is 0.389. The number of ether oxygens (including phenoxy) is 1. The maximum absolute atomic E-state index is 12.6. The lowest BCUT2D eigenvalue weighted by Crippen LogP contribution is -2.38. The van der Waals surface area contributed by atoms with Crippen molar-refractivity contribution in [2.45, 2.75) is 13.1 Å². The van der Waals surface area contributed by atoms with Gasteiger partial charge in [0, 0.05) is 32.7 Å². The highest BCUT2D eigenvalue weighted by molar-refractivity contribution is 6.42. The lowest BCUT2D eigenvalue weighted by molar-refractivity contribution is 0.0365. The highest BCUT2D eigenvalue weighted by Crippen LogP contribution is 2.22. The monoisotopic (exact) mass is 422 g/mol. The largest absolute Gasteiger partial charge is 0.379 e. The molecule has 0 bridgehead atoms. The molecular formula is C18H20Cl2N6O2. The Morgan fingerprint density at radius 3 is 2.79 bits per heavy atom. The molecule has 1 saturated heterocycles. The number of halogens is 2. The first-order valence-electron chi connectivity index (χ1n) is 9.03. The number of rotatable bonds is 6. The van der Waals surface area contributed by atoms with E-state index in [-0.39, 0.29) is 5.56 Å². The Labute approximate surface area is 171 Å². The molecule has 0 atom stereocenters. The minimum atomic E-state index is -0.221. The zero-order valence-corrected chi connectivity index (χ0v) is 16.6. The summed E-state index contributed by atoms with van der Waals surface area (Å²) < 4.78 is 7.21. The van der Waals surface area contributed by atoms with Crippen molar-refractivity contribution < 1.29 is 4.74 Å². The molecule has 0 saturated carbocycles. The first kappa shape index (κ1) is 19.2. The summed E-state index contributed by atoms with van der Waals surface area (Å²) >= 11 is 12.0. The van der Waals surface area contributed by atoms with Crippen LogP contribution >= 0.6 is 23.2 Å². The number of nitrogens with one attached hydrogen (secondary N) is 2. The summed E-state index contributed by atoms with van der Waals surface area (Å²) in [6.45, 7) is 5.28. The molecule has 0 radical (unpaired) electrons. The average Bonchev–Trinajstić information content (AvgIpc) is 3.12. The zero-order chi connectivity index (χ0) is 19.5. The van der Waals surface area contributed by atoms with Gasteiger partial charge in [0.15, 0.2) is 11.2 Å². The summed E-state index contributed by atoms with van der Waals surface area (Å²) in [7, 11) is 0. The van der Waals surface area contributed by atoms with Gasteiger partial charge in [0.25, 0.3) is 5.56 Å². The van der Waals surface area contributed by atoms with Gasteiger partial charge in [-0.05, 0) is 17.7 Å². The molecule has 1 fully saturated rings. The second-order valence-corrected chi connectivity index (χ2v) is 7.40. The van der Waals surface area contributed by atoms with Crippen molar-refractivity contribution in [2.75, 3.05) is 38.2 Å². The summed E-state index contributed by atoms with van der Waals surface area (Å²) in [6.07, 6.45) is 1.66. The first-order valence-corrected chi connectivity index (χ1v) is 9.79. The SMILES string of the molecule is O=c1[nH]c(NCc2ccc(Cl)c(Cl)c2)nc2ncn(CCN3CCOCC3)c12. The Bertz CT molecular complexity index is 1030. The Balaban J connectivity index is 1.46. The number of aromatic amines is 1. The number of anilines is 1. The molecule has 0 amide bonds. The standard InChI is InChI=1S/C18H20Cl2N6O2/c19-13-2-1-12(9-14(13)20)10-21-18-23-16-15(17(27)24-18)26(11-22-16)4-3-25-5-7-28-8-6-25/h1-2,9,11H,3-8,10H2,(H2,21,23,24,27). The van der Waals surface area contributed by atoms with Gasteiger partial charge in [0.1, 0.15) is 0 Å². The van der Waals surface area contributed by atoms with E-state index >= 15 is 0 Å². The van der Waals surface area contributed by atoms with Crippen LogP contribution < -0.4 is 10.9 Å². The lowest BCUT2D eigenvalue weighted by atomic mass is 10.2. The summed E-state index contributed by atoms with van der Waals surface area (Å²) in [4.78, 5) is 26.4. The van der Waals surface area contributed by atoms with Crippen molar-refractivity contribution in [1.82, 2.24) is 24.4 Å². The zero-order valence-electron chi connectivity index (χ0n) is 15.1. The van der Waals surface area contributed by atoms with Crippen LogP contribution in [0.1, 0.15) is 5.56 Å². The van der Waals surface area contributed by atoms with E-state index in [2.05, 4.69) is 25.2 Å². The lowest BCUT2D eigenvalue weighted by Gasteiger charge is -2.26. The van der Waals surface area contributed by atoms with Crippen molar-refractivity contribution in [3.8, 4) is 0 Å². The van der Waals surface area contributed by atoms with Gasteiger partial charge in [0.05, 0.1) is 29.6 Å². The molecule has 1 aliphatic rings. The number of benzene rings is 1. The van der Waals surface area contributed by atoms with Crippen LogP contribution in [0.2, 0.25) is 10.0 Å². The van der Waals surface area contributed by atoms with Crippen LogP contribution in [0.3, 0.4) is 0 Å². The molecule has 3 heterocycles. The number of hydrogen-bond donors (Lipinski definition) is 2. The van der Waals surface area contributed by atoms with E-state index < -0.39 is 0 Å². The fourth-order valence-electron chi connectivity index (χ4n) is 3.15. The maximum Gasteiger partial charge on any atom is 0.278 e. The van der Waals surface area contributed by atoms with Crippen molar-refractivity contribution in [2.24, 2.45) is 0 Å². The number of imidazole rings is 1.